The molecule has 7 aromatic carbocycles. The van der Waals surface area contributed by atoms with Crippen LogP contribution in [0.15, 0.2) is 142 Å². The topological polar surface area (TPSA) is 64.3 Å². The Morgan fingerprint density at radius 3 is 1.92 bits per heavy atom. The summed E-state index contributed by atoms with van der Waals surface area (Å²) in [5.74, 6) is 0. The molecule has 0 unspecified atom stereocenters. The summed E-state index contributed by atoms with van der Waals surface area (Å²) in [6.45, 7) is 7.60. The lowest BCUT2D eigenvalue weighted by atomic mass is 10.1. The molecule has 11 rings (SSSR count). The molecule has 0 radical (unpaired) electrons. The predicted molar refractivity (Wildman–Crippen MR) is 201 cm³/mol. The largest absolute Gasteiger partial charge is 0.456 e. The van der Waals surface area contributed by atoms with Crippen LogP contribution in [-0.2, 0) is 0 Å². The van der Waals surface area contributed by atoms with Crippen LogP contribution in [0.2, 0.25) is 0 Å². The summed E-state index contributed by atoms with van der Waals surface area (Å²) in [6, 6.07) is 47.5. The lowest BCUT2D eigenvalue weighted by Crippen LogP contribution is -1.94. The highest BCUT2D eigenvalue weighted by atomic mass is 16.3. The maximum absolute atomic E-state index is 9.66. The van der Waals surface area contributed by atoms with Crippen LogP contribution in [0.1, 0.15) is 5.56 Å². The Morgan fingerprint density at radius 2 is 1.14 bits per heavy atom. The summed E-state index contributed by atoms with van der Waals surface area (Å²) in [5.41, 5.74) is 10.5. The summed E-state index contributed by atoms with van der Waals surface area (Å²) in [6.07, 6.45) is 0. The van der Waals surface area contributed by atoms with Gasteiger partial charge in [0.15, 0.2) is 11.3 Å². The number of furan rings is 2. The second-order valence-corrected chi connectivity index (χ2v) is 12.7. The van der Waals surface area contributed by atoms with E-state index in [4.69, 9.17) is 15.4 Å². The van der Waals surface area contributed by atoms with Crippen molar-refractivity contribution in [1.82, 2.24) is 9.13 Å². The molecule has 6 heteroatoms. The second-order valence-electron chi connectivity index (χ2n) is 12.7. The molecule has 0 saturated heterocycles. The van der Waals surface area contributed by atoms with Crippen LogP contribution < -0.4 is 0 Å². The van der Waals surface area contributed by atoms with Gasteiger partial charge in [-0.3, -0.25) is 0 Å². The smallest absolute Gasteiger partial charge is 0.188 e. The van der Waals surface area contributed by atoms with E-state index < -0.39 is 0 Å². The highest BCUT2D eigenvalue weighted by Crippen LogP contribution is 2.42. The second kappa shape index (κ2) is 9.64. The number of fused-ring (bicyclic) bond motifs is 13. The third-order valence-corrected chi connectivity index (χ3v) is 10.1. The van der Waals surface area contributed by atoms with E-state index in [1.54, 1.807) is 0 Å². The van der Waals surface area contributed by atoms with Gasteiger partial charge in [0.2, 0.25) is 0 Å². The number of hydrogen-bond acceptors (Lipinski definition) is 3. The molecule has 0 aliphatic carbocycles. The number of benzene rings is 7. The molecule has 11 aromatic rings. The molecule has 0 N–H and O–H groups in total. The molecule has 6 nitrogen and oxygen atoms in total. The highest BCUT2D eigenvalue weighted by molar-refractivity contribution is 6.22. The highest BCUT2D eigenvalue weighted by Gasteiger charge is 2.20. The zero-order chi connectivity index (χ0) is 33.1. The molecule has 0 bridgehead atoms. The SMILES string of the molecule is [C-]#[N+]c1ccc2c(c1)c1cc(C#N)ccc1n2-c1ccc2oc3ccc(-n4c5ccccc5c5ccc6c7ccccc7oc6c54)cc3c2c1. The molecular weight excluding hydrogens is 617 g/mol. The van der Waals surface area contributed by atoms with Crippen LogP contribution in [-0.4, -0.2) is 9.13 Å². The van der Waals surface area contributed by atoms with Crippen LogP contribution in [0, 0.1) is 17.9 Å². The third-order valence-electron chi connectivity index (χ3n) is 10.1. The zero-order valence-corrected chi connectivity index (χ0v) is 26.3. The molecule has 230 valence electrons. The van der Waals surface area contributed by atoms with E-state index in [1.165, 1.54) is 0 Å². The van der Waals surface area contributed by atoms with E-state index in [0.29, 0.717) is 11.3 Å². The molecule has 0 atom stereocenters. The molecule has 0 saturated carbocycles. The molecule has 50 heavy (non-hydrogen) atoms. The number of nitrogens with zero attached hydrogens (tertiary/aromatic N) is 4. The average molecular weight is 639 g/mol. The lowest BCUT2D eigenvalue weighted by molar-refractivity contribution is 0.669. The Hall–Kier alpha value is -7.28. The maximum atomic E-state index is 9.66. The van der Waals surface area contributed by atoms with Crippen molar-refractivity contribution in [2.24, 2.45) is 0 Å². The quantitative estimate of drug-likeness (QED) is 0.177. The number of hydrogen-bond donors (Lipinski definition) is 0. The van der Waals surface area contributed by atoms with Gasteiger partial charge in [-0.05, 0) is 90.3 Å². The van der Waals surface area contributed by atoms with Gasteiger partial charge in [0, 0.05) is 49.1 Å². The van der Waals surface area contributed by atoms with E-state index in [0.717, 1.165) is 98.9 Å². The predicted octanol–water partition coefficient (Wildman–Crippen LogP) is 12.1. The van der Waals surface area contributed by atoms with Gasteiger partial charge in [0.05, 0.1) is 40.3 Å². The minimum Gasteiger partial charge on any atom is -0.456 e. The van der Waals surface area contributed by atoms with Gasteiger partial charge in [-0.15, -0.1) is 0 Å². The first kappa shape index (κ1) is 26.8. The molecule has 4 aromatic heterocycles. The van der Waals surface area contributed by atoms with Gasteiger partial charge >= 0.3 is 0 Å². The number of para-hydroxylation sites is 2. The Balaban J connectivity index is 1.19. The normalized spacial score (nSPS) is 12.0. The Labute approximate surface area is 283 Å². The number of rotatable bonds is 2. The van der Waals surface area contributed by atoms with Crippen LogP contribution in [0.3, 0.4) is 0 Å². The van der Waals surface area contributed by atoms with Crippen molar-refractivity contribution < 1.29 is 8.83 Å². The van der Waals surface area contributed by atoms with Gasteiger partial charge in [-0.25, -0.2) is 4.85 Å². The maximum Gasteiger partial charge on any atom is 0.188 e. The van der Waals surface area contributed by atoms with Gasteiger partial charge in [-0.2, -0.15) is 5.26 Å². The van der Waals surface area contributed by atoms with Gasteiger partial charge < -0.3 is 18.0 Å². The van der Waals surface area contributed by atoms with Crippen molar-refractivity contribution in [3.63, 3.8) is 0 Å². The fourth-order valence-electron chi connectivity index (χ4n) is 7.96. The summed E-state index contributed by atoms with van der Waals surface area (Å²) < 4.78 is 17.5. The fraction of sp³-hybridized carbons (Fsp3) is 0. The summed E-state index contributed by atoms with van der Waals surface area (Å²) >= 11 is 0. The van der Waals surface area contributed by atoms with E-state index in [9.17, 15) is 5.26 Å². The monoisotopic (exact) mass is 638 g/mol. The minimum absolute atomic E-state index is 0.563. The van der Waals surface area contributed by atoms with Gasteiger partial charge in [0.1, 0.15) is 16.7 Å². The Bertz CT molecular complexity index is 3280. The van der Waals surface area contributed by atoms with E-state index in [1.807, 2.05) is 54.6 Å². The average Bonchev–Trinajstić information content (AvgIpc) is 3.91. The minimum atomic E-state index is 0.563. The first-order valence-corrected chi connectivity index (χ1v) is 16.3. The molecule has 0 aliphatic rings. The van der Waals surface area contributed by atoms with Crippen LogP contribution in [0.25, 0.3) is 104 Å². The molecule has 0 amide bonds. The van der Waals surface area contributed by atoms with Crippen molar-refractivity contribution in [3.8, 4) is 17.4 Å². The van der Waals surface area contributed by atoms with Crippen LogP contribution in [0.5, 0.6) is 0 Å². The number of nitriles is 1. The molecule has 0 fully saturated rings. The van der Waals surface area contributed by atoms with Crippen molar-refractivity contribution in [3.05, 3.63) is 150 Å². The molecule has 4 heterocycles. The first-order chi connectivity index (χ1) is 24.7. The lowest BCUT2D eigenvalue weighted by Gasteiger charge is -2.09. The van der Waals surface area contributed by atoms with Crippen LogP contribution in [0.4, 0.5) is 5.69 Å². The van der Waals surface area contributed by atoms with E-state index in [2.05, 4.69) is 98.9 Å². The summed E-state index contributed by atoms with van der Waals surface area (Å²) in [4.78, 5) is 3.67. The summed E-state index contributed by atoms with van der Waals surface area (Å²) in [7, 11) is 0. The Morgan fingerprint density at radius 1 is 0.500 bits per heavy atom. The van der Waals surface area contributed by atoms with E-state index >= 15 is 0 Å². The summed E-state index contributed by atoms with van der Waals surface area (Å²) in [5, 5.41) is 18.0. The molecular formula is C44H22N4O2. The van der Waals surface area contributed by atoms with Crippen LogP contribution >= 0.6 is 0 Å². The van der Waals surface area contributed by atoms with Crippen molar-refractivity contribution in [2.45, 2.75) is 0 Å². The van der Waals surface area contributed by atoms with Gasteiger partial charge in [-0.1, -0.05) is 48.5 Å². The Kier molecular flexibility index (Phi) is 5.16. The first-order valence-electron chi connectivity index (χ1n) is 16.3. The van der Waals surface area contributed by atoms with Crippen molar-refractivity contribution in [1.29, 1.82) is 5.26 Å². The van der Waals surface area contributed by atoms with Crippen molar-refractivity contribution in [2.75, 3.05) is 0 Å². The van der Waals surface area contributed by atoms with Gasteiger partial charge in [0.25, 0.3) is 0 Å². The molecule has 0 aliphatic heterocycles. The third kappa shape index (κ3) is 3.49. The molecule has 0 spiro atoms. The number of aromatic nitrogens is 2. The fourth-order valence-corrected chi connectivity index (χ4v) is 7.96. The van der Waals surface area contributed by atoms with Crippen molar-refractivity contribution >= 4 is 93.2 Å². The standard InChI is InChI=1S/C44H22N4O2/c1-46-26-11-17-39-34(21-26)33-20-25(24-45)10-16-38(33)47(39)27-12-18-41-35(22-27)36-23-28(13-19-42(36)49-41)48-37-8-4-2-6-29(37)31-14-15-32-30-7-3-5-9-40(30)50-44(32)43(31)48/h2-23H. The van der Waals surface area contributed by atoms with E-state index in [-0.39, 0.29) is 0 Å². The zero-order valence-electron chi connectivity index (χ0n) is 26.3.